The molecule has 0 heterocycles. The molecule has 1 radical (unpaired) electrons. The van der Waals surface area contributed by atoms with E-state index in [0.29, 0.717) is 0 Å². The molecule has 0 spiro atoms. The van der Waals surface area contributed by atoms with Crippen molar-refractivity contribution in [1.29, 1.82) is 0 Å². The normalized spacial score (nSPS) is 18.4. The molecule has 1 saturated carbocycles. The number of hydrogen-bond acceptors (Lipinski definition) is 0. The van der Waals surface area contributed by atoms with E-state index in [4.69, 9.17) is 0 Å². The zero-order valence-corrected chi connectivity index (χ0v) is 11.3. The van der Waals surface area contributed by atoms with Gasteiger partial charge >= 0.3 is 0 Å². The molecule has 0 bridgehead atoms. The fraction of sp³-hybridized carbons (Fsp3) is 0.471. The van der Waals surface area contributed by atoms with Gasteiger partial charge in [-0.1, -0.05) is 57.2 Å². The molecule has 2 rings (SSSR count). The highest BCUT2D eigenvalue weighted by molar-refractivity contribution is 5.38. The largest absolute Gasteiger partial charge is 0.0999 e. The summed E-state index contributed by atoms with van der Waals surface area (Å²) < 4.78 is 0. The predicted molar refractivity (Wildman–Crippen MR) is 75.1 cm³/mol. The maximum absolute atomic E-state index is 4.09. The first-order valence-electron chi connectivity index (χ1n) is 6.59. The van der Waals surface area contributed by atoms with E-state index in [9.17, 15) is 0 Å². The summed E-state index contributed by atoms with van der Waals surface area (Å²) in [5.41, 5.74) is 4.55. The maximum Gasteiger partial charge on any atom is 0.00562 e. The summed E-state index contributed by atoms with van der Waals surface area (Å²) in [5.74, 6) is 1.61. The Kier molecular flexibility index (Phi) is 3.42. The summed E-state index contributed by atoms with van der Waals surface area (Å²) in [7, 11) is 0. The number of allylic oxidation sites excluding steroid dienone is 1. The Balaban J connectivity index is 2.19. The summed E-state index contributed by atoms with van der Waals surface area (Å²) in [4.78, 5) is 0. The van der Waals surface area contributed by atoms with Crippen molar-refractivity contribution in [3.8, 4) is 0 Å². The Labute approximate surface area is 106 Å². The van der Waals surface area contributed by atoms with E-state index in [1.807, 2.05) is 0 Å². The van der Waals surface area contributed by atoms with Crippen LogP contribution in [-0.4, -0.2) is 0 Å². The third kappa shape index (κ3) is 3.00. The SMILES string of the molecule is C=C1CC[C](c2cccc(C(C)(C)C)c2)CC1. The van der Waals surface area contributed by atoms with Gasteiger partial charge < -0.3 is 0 Å². The molecule has 1 aromatic carbocycles. The predicted octanol–water partition coefficient (Wildman–Crippen LogP) is 5.04. The third-order valence-corrected chi connectivity index (χ3v) is 3.70. The standard InChI is InChI=1S/C17H23/c1-13-8-10-14(11-9-13)15-6-5-7-16(12-15)17(2,3)4/h5-7,12H,1,8-11H2,2-4H3. The van der Waals surface area contributed by atoms with Gasteiger partial charge in [0.15, 0.2) is 0 Å². The van der Waals surface area contributed by atoms with Gasteiger partial charge in [-0.2, -0.15) is 0 Å². The molecule has 0 amide bonds. The number of hydrogen-bond donors (Lipinski definition) is 0. The molecule has 0 aliphatic heterocycles. The fourth-order valence-electron chi connectivity index (χ4n) is 2.40. The lowest BCUT2D eigenvalue weighted by atomic mass is 9.79. The maximum atomic E-state index is 4.09. The van der Waals surface area contributed by atoms with E-state index in [2.05, 4.69) is 51.6 Å². The Morgan fingerprint density at radius 3 is 2.24 bits per heavy atom. The van der Waals surface area contributed by atoms with Gasteiger partial charge in [-0.3, -0.25) is 0 Å². The monoisotopic (exact) mass is 227 g/mol. The molecular formula is C17H23. The second-order valence-electron chi connectivity index (χ2n) is 6.18. The van der Waals surface area contributed by atoms with Gasteiger partial charge in [0.2, 0.25) is 0 Å². The van der Waals surface area contributed by atoms with Crippen LogP contribution in [0, 0.1) is 5.92 Å². The topological polar surface area (TPSA) is 0 Å². The zero-order valence-electron chi connectivity index (χ0n) is 11.3. The molecule has 1 aliphatic rings. The molecule has 0 nitrogen and oxygen atoms in total. The lowest BCUT2D eigenvalue weighted by molar-refractivity contribution is 0.588. The van der Waals surface area contributed by atoms with Crippen LogP contribution in [0.3, 0.4) is 0 Å². The minimum Gasteiger partial charge on any atom is -0.0999 e. The lowest BCUT2D eigenvalue weighted by Crippen LogP contribution is -2.13. The van der Waals surface area contributed by atoms with Crippen LogP contribution in [0.5, 0.6) is 0 Å². The minimum atomic E-state index is 0.245. The van der Waals surface area contributed by atoms with E-state index >= 15 is 0 Å². The van der Waals surface area contributed by atoms with E-state index in [1.54, 1.807) is 5.92 Å². The smallest absolute Gasteiger partial charge is 0.00562 e. The second-order valence-corrected chi connectivity index (χ2v) is 6.18. The van der Waals surface area contributed by atoms with E-state index in [0.717, 1.165) is 0 Å². The van der Waals surface area contributed by atoms with Crippen molar-refractivity contribution in [2.24, 2.45) is 0 Å². The first-order valence-corrected chi connectivity index (χ1v) is 6.59. The molecule has 17 heavy (non-hydrogen) atoms. The molecule has 0 heteroatoms. The molecule has 1 fully saturated rings. The molecule has 0 N–H and O–H groups in total. The Morgan fingerprint density at radius 1 is 1.00 bits per heavy atom. The van der Waals surface area contributed by atoms with E-state index in [1.165, 1.54) is 42.4 Å². The number of benzene rings is 1. The van der Waals surface area contributed by atoms with Gasteiger partial charge in [-0.15, -0.1) is 0 Å². The van der Waals surface area contributed by atoms with Crippen LogP contribution in [-0.2, 0) is 5.41 Å². The van der Waals surface area contributed by atoms with Crippen LogP contribution in [0.2, 0.25) is 0 Å². The van der Waals surface area contributed by atoms with E-state index < -0.39 is 0 Å². The highest BCUT2D eigenvalue weighted by Crippen LogP contribution is 2.35. The first-order chi connectivity index (χ1) is 7.97. The van der Waals surface area contributed by atoms with Crippen molar-refractivity contribution >= 4 is 0 Å². The van der Waals surface area contributed by atoms with Crippen LogP contribution in [0.4, 0.5) is 0 Å². The van der Waals surface area contributed by atoms with Crippen LogP contribution < -0.4 is 0 Å². The van der Waals surface area contributed by atoms with Crippen LogP contribution in [0.25, 0.3) is 0 Å². The van der Waals surface area contributed by atoms with Gasteiger partial charge in [0.1, 0.15) is 0 Å². The summed E-state index contributed by atoms with van der Waals surface area (Å²) in [5, 5.41) is 0. The van der Waals surface area contributed by atoms with Crippen LogP contribution in [0.1, 0.15) is 57.6 Å². The average Bonchev–Trinajstić information content (AvgIpc) is 2.29. The van der Waals surface area contributed by atoms with Gasteiger partial charge in [0.05, 0.1) is 0 Å². The van der Waals surface area contributed by atoms with Gasteiger partial charge in [0, 0.05) is 5.92 Å². The van der Waals surface area contributed by atoms with Crippen molar-refractivity contribution in [2.75, 3.05) is 0 Å². The Bertz CT molecular complexity index is 396. The lowest BCUT2D eigenvalue weighted by Gasteiger charge is -2.25. The molecule has 1 aliphatic carbocycles. The number of rotatable bonds is 1. The quantitative estimate of drug-likeness (QED) is 0.590. The summed E-state index contributed by atoms with van der Waals surface area (Å²) in [6.45, 7) is 10.9. The van der Waals surface area contributed by atoms with Crippen molar-refractivity contribution in [1.82, 2.24) is 0 Å². The van der Waals surface area contributed by atoms with Gasteiger partial charge in [-0.25, -0.2) is 0 Å². The van der Waals surface area contributed by atoms with Crippen molar-refractivity contribution in [3.63, 3.8) is 0 Å². The Morgan fingerprint density at radius 2 is 1.65 bits per heavy atom. The van der Waals surface area contributed by atoms with Gasteiger partial charge in [-0.05, 0) is 42.2 Å². The molecular weight excluding hydrogens is 204 g/mol. The first kappa shape index (κ1) is 12.4. The molecule has 0 atom stereocenters. The molecule has 91 valence electrons. The highest BCUT2D eigenvalue weighted by atomic mass is 14.2. The zero-order chi connectivity index (χ0) is 12.5. The molecule has 0 aromatic heterocycles. The average molecular weight is 227 g/mol. The second kappa shape index (κ2) is 4.68. The Hall–Kier alpha value is -1.04. The summed E-state index contributed by atoms with van der Waals surface area (Å²) in [6, 6.07) is 9.08. The molecule has 1 aromatic rings. The fourth-order valence-corrected chi connectivity index (χ4v) is 2.40. The third-order valence-electron chi connectivity index (χ3n) is 3.70. The minimum absolute atomic E-state index is 0.245. The van der Waals surface area contributed by atoms with Crippen LogP contribution >= 0.6 is 0 Å². The van der Waals surface area contributed by atoms with Crippen LogP contribution in [0.15, 0.2) is 36.4 Å². The molecule has 0 unspecified atom stereocenters. The van der Waals surface area contributed by atoms with Crippen molar-refractivity contribution in [2.45, 2.75) is 51.9 Å². The highest BCUT2D eigenvalue weighted by Gasteiger charge is 2.20. The van der Waals surface area contributed by atoms with E-state index in [-0.39, 0.29) is 5.41 Å². The summed E-state index contributed by atoms with van der Waals surface area (Å²) >= 11 is 0. The summed E-state index contributed by atoms with van der Waals surface area (Å²) in [6.07, 6.45) is 4.75. The van der Waals surface area contributed by atoms with Crippen molar-refractivity contribution < 1.29 is 0 Å². The molecule has 0 saturated heterocycles. The van der Waals surface area contributed by atoms with Gasteiger partial charge in [0.25, 0.3) is 0 Å². The van der Waals surface area contributed by atoms with Crippen molar-refractivity contribution in [3.05, 3.63) is 53.5 Å².